The maximum Gasteiger partial charge on any atom is 0.159 e. The Kier molecular flexibility index (Phi) is 18.3. The number of hydrogen-bond acceptors (Lipinski definition) is 6. The van der Waals surface area contributed by atoms with E-state index < -0.39 is 0 Å². The number of Topliss-reactive ketones (excluding diaryl/α,β-unsaturated/α-hetero) is 2. The zero-order chi connectivity index (χ0) is 37.9. The number of rotatable bonds is 24. The van der Waals surface area contributed by atoms with E-state index >= 15 is 0 Å². The van der Waals surface area contributed by atoms with Gasteiger partial charge in [0.05, 0.1) is 24.7 Å². The van der Waals surface area contributed by atoms with Crippen molar-refractivity contribution in [3.8, 4) is 33.8 Å². The summed E-state index contributed by atoms with van der Waals surface area (Å²) in [7, 11) is 0. The number of carbonyl (C=O) groups excluding carboxylic acids is 2. The number of ether oxygens (including phenoxy) is 2. The van der Waals surface area contributed by atoms with Crippen LogP contribution in [0.4, 0.5) is 0 Å². The van der Waals surface area contributed by atoms with Crippen LogP contribution in [0.25, 0.3) is 22.3 Å². The summed E-state index contributed by atoms with van der Waals surface area (Å²) in [6.07, 6.45) is 14.8. The first-order chi connectivity index (χ1) is 25.0. The average molecular weight is 711 g/mol. The second-order valence-electron chi connectivity index (χ2n) is 14.1. The summed E-state index contributed by atoms with van der Waals surface area (Å²) in [5, 5.41) is 20.1. The molecule has 0 fully saturated rings. The molecule has 0 saturated carbocycles. The number of allylic oxidation sites excluding steroid dienone is 4. The van der Waals surface area contributed by atoms with E-state index in [4.69, 9.17) is 9.47 Å². The fourth-order valence-electron chi connectivity index (χ4n) is 6.41. The SMILES string of the molecule is CCCCCCCCOc1cc(-c2ccc(C/C(C(C)=O)=C(\C)O)cc2)c(OCCCCCCCC)cc1-c1ccc(C/C(C(C)=O)=C(\C)O)cc1. The summed E-state index contributed by atoms with van der Waals surface area (Å²) in [5.74, 6) is 1.39. The molecule has 6 heteroatoms. The molecule has 0 atom stereocenters. The summed E-state index contributed by atoms with van der Waals surface area (Å²) in [4.78, 5) is 24.3. The van der Waals surface area contributed by atoms with Gasteiger partial charge in [0, 0.05) is 35.1 Å². The van der Waals surface area contributed by atoms with E-state index in [1.807, 2.05) is 48.5 Å². The third-order valence-electron chi connectivity index (χ3n) is 9.61. The lowest BCUT2D eigenvalue weighted by atomic mass is 9.94. The summed E-state index contributed by atoms with van der Waals surface area (Å²) in [6.45, 7) is 11.7. The molecule has 282 valence electrons. The normalized spacial score (nSPS) is 12.3. The molecule has 0 aliphatic carbocycles. The minimum absolute atomic E-state index is 0.0528. The van der Waals surface area contributed by atoms with Crippen molar-refractivity contribution in [1.29, 1.82) is 0 Å². The molecule has 0 heterocycles. The highest BCUT2D eigenvalue weighted by atomic mass is 16.5. The van der Waals surface area contributed by atoms with Gasteiger partial charge in [-0.3, -0.25) is 9.59 Å². The third kappa shape index (κ3) is 13.7. The predicted molar refractivity (Wildman–Crippen MR) is 214 cm³/mol. The van der Waals surface area contributed by atoms with E-state index in [1.165, 1.54) is 65.2 Å². The van der Waals surface area contributed by atoms with Crippen LogP contribution >= 0.6 is 0 Å². The Labute approximate surface area is 313 Å². The van der Waals surface area contributed by atoms with Crippen LogP contribution in [0.5, 0.6) is 11.5 Å². The Morgan fingerprint density at radius 2 is 0.827 bits per heavy atom. The molecule has 0 unspecified atom stereocenters. The number of unbranched alkanes of at least 4 members (excludes halogenated alkanes) is 10. The van der Waals surface area contributed by atoms with Crippen molar-refractivity contribution < 1.29 is 29.3 Å². The highest BCUT2D eigenvalue weighted by Crippen LogP contribution is 2.42. The van der Waals surface area contributed by atoms with Gasteiger partial charge in [-0.1, -0.05) is 127 Å². The quantitative estimate of drug-likeness (QED) is 0.0546. The van der Waals surface area contributed by atoms with Crippen molar-refractivity contribution in [1.82, 2.24) is 0 Å². The van der Waals surface area contributed by atoms with Gasteiger partial charge in [0.15, 0.2) is 11.6 Å². The van der Waals surface area contributed by atoms with E-state index in [9.17, 15) is 19.8 Å². The van der Waals surface area contributed by atoms with Crippen LogP contribution in [0.1, 0.15) is 130 Å². The number of benzene rings is 3. The Bertz CT molecular complexity index is 1500. The maximum atomic E-state index is 12.1. The van der Waals surface area contributed by atoms with Gasteiger partial charge in [-0.05, 0) is 74.9 Å². The number of aliphatic hydroxyl groups excluding tert-OH is 2. The van der Waals surface area contributed by atoms with Gasteiger partial charge in [-0.25, -0.2) is 0 Å². The molecular formula is C46H62O6. The molecule has 0 amide bonds. The van der Waals surface area contributed by atoms with Crippen LogP contribution in [0.2, 0.25) is 0 Å². The number of carbonyl (C=O) groups is 2. The van der Waals surface area contributed by atoms with E-state index in [0.29, 0.717) is 37.2 Å². The summed E-state index contributed by atoms with van der Waals surface area (Å²) < 4.78 is 13.1. The molecule has 2 N–H and O–H groups in total. The lowest BCUT2D eigenvalue weighted by molar-refractivity contribution is -0.114. The van der Waals surface area contributed by atoms with Gasteiger partial charge in [0.2, 0.25) is 0 Å². The zero-order valence-corrected chi connectivity index (χ0v) is 32.6. The van der Waals surface area contributed by atoms with Crippen LogP contribution in [-0.4, -0.2) is 35.0 Å². The first-order valence-electron chi connectivity index (χ1n) is 19.5. The van der Waals surface area contributed by atoms with Gasteiger partial charge in [-0.2, -0.15) is 0 Å². The monoisotopic (exact) mass is 710 g/mol. The van der Waals surface area contributed by atoms with E-state index in [1.54, 1.807) is 13.8 Å². The minimum atomic E-state index is -0.135. The number of aliphatic hydroxyl groups is 2. The largest absolute Gasteiger partial charge is 0.512 e. The van der Waals surface area contributed by atoms with E-state index in [-0.39, 0.29) is 23.1 Å². The van der Waals surface area contributed by atoms with Crippen molar-refractivity contribution in [2.75, 3.05) is 13.2 Å². The molecule has 0 spiro atoms. The van der Waals surface area contributed by atoms with Gasteiger partial charge in [0.25, 0.3) is 0 Å². The summed E-state index contributed by atoms with van der Waals surface area (Å²) >= 11 is 0. The second-order valence-corrected chi connectivity index (χ2v) is 14.1. The van der Waals surface area contributed by atoms with Crippen LogP contribution in [0.15, 0.2) is 83.3 Å². The zero-order valence-electron chi connectivity index (χ0n) is 32.6. The van der Waals surface area contributed by atoms with E-state index in [2.05, 4.69) is 26.0 Å². The topological polar surface area (TPSA) is 93.1 Å². The molecule has 0 aliphatic heterocycles. The van der Waals surface area contributed by atoms with Crippen LogP contribution in [0.3, 0.4) is 0 Å². The van der Waals surface area contributed by atoms with E-state index in [0.717, 1.165) is 70.6 Å². The summed E-state index contributed by atoms with van der Waals surface area (Å²) in [5.41, 5.74) is 6.53. The van der Waals surface area contributed by atoms with Crippen LogP contribution in [-0.2, 0) is 22.4 Å². The van der Waals surface area contributed by atoms with Crippen molar-refractivity contribution in [3.63, 3.8) is 0 Å². The second kappa shape index (κ2) is 22.6. The molecule has 52 heavy (non-hydrogen) atoms. The van der Waals surface area contributed by atoms with Gasteiger partial charge in [-0.15, -0.1) is 0 Å². The Balaban J connectivity index is 2.02. The molecule has 3 aromatic carbocycles. The molecule has 0 bridgehead atoms. The van der Waals surface area contributed by atoms with Crippen molar-refractivity contribution in [2.24, 2.45) is 0 Å². The lowest BCUT2D eigenvalue weighted by Gasteiger charge is -2.19. The molecule has 0 aromatic heterocycles. The Morgan fingerprint density at radius 1 is 0.500 bits per heavy atom. The van der Waals surface area contributed by atoms with Crippen molar-refractivity contribution in [3.05, 3.63) is 94.5 Å². The lowest BCUT2D eigenvalue weighted by Crippen LogP contribution is -2.04. The fraction of sp³-hybridized carbons (Fsp3) is 0.478. The summed E-state index contributed by atoms with van der Waals surface area (Å²) in [6, 6.07) is 20.4. The number of hydrogen-bond donors (Lipinski definition) is 2. The molecule has 0 saturated heterocycles. The van der Waals surface area contributed by atoms with Gasteiger partial charge < -0.3 is 19.7 Å². The minimum Gasteiger partial charge on any atom is -0.512 e. The Morgan fingerprint density at radius 3 is 1.13 bits per heavy atom. The Hall–Kier alpha value is -4.32. The highest BCUT2D eigenvalue weighted by Gasteiger charge is 2.18. The van der Waals surface area contributed by atoms with Gasteiger partial charge in [0.1, 0.15) is 11.5 Å². The molecule has 0 aliphatic rings. The highest BCUT2D eigenvalue weighted by molar-refractivity contribution is 5.94. The predicted octanol–water partition coefficient (Wildman–Crippen LogP) is 12.4. The van der Waals surface area contributed by atoms with Crippen molar-refractivity contribution >= 4 is 11.6 Å². The van der Waals surface area contributed by atoms with Gasteiger partial charge >= 0.3 is 0 Å². The third-order valence-corrected chi connectivity index (χ3v) is 9.61. The molecular weight excluding hydrogens is 649 g/mol. The number of ketones is 2. The first kappa shape index (κ1) is 42.1. The standard InChI is InChI=1S/C46H62O6/c1-7-9-11-13-15-17-27-51-45-31-44(40-25-21-38(22-26-40)30-42(35(5)49)36(6)50)46(52-28-18-16-14-12-10-8-2)32-43(45)39-23-19-37(20-24-39)29-41(33(3)47)34(4)48/h19-26,31-32,47,49H,7-18,27-30H2,1-6H3/b41-33-,42-35-. The first-order valence-corrected chi connectivity index (χ1v) is 19.5. The fourth-order valence-corrected chi connectivity index (χ4v) is 6.41. The molecule has 3 rings (SSSR count). The van der Waals surface area contributed by atoms with Crippen LogP contribution < -0.4 is 9.47 Å². The van der Waals surface area contributed by atoms with Crippen molar-refractivity contribution in [2.45, 2.75) is 131 Å². The molecule has 3 aromatic rings. The maximum absolute atomic E-state index is 12.1. The van der Waals surface area contributed by atoms with Crippen LogP contribution in [0, 0.1) is 0 Å². The smallest absolute Gasteiger partial charge is 0.159 e. The molecule has 6 nitrogen and oxygen atoms in total. The average Bonchev–Trinajstić information content (AvgIpc) is 3.12. The molecule has 0 radical (unpaired) electrons.